The van der Waals surface area contributed by atoms with Gasteiger partial charge in [0.2, 0.25) is 0 Å². The van der Waals surface area contributed by atoms with Crippen molar-refractivity contribution < 1.29 is 0 Å². The third kappa shape index (κ3) is 5.59. The fraction of sp³-hybridized carbons (Fsp3) is 0.0909. The number of hydrazone groups is 2. The van der Waals surface area contributed by atoms with Crippen molar-refractivity contribution in [1.82, 2.24) is 0 Å². The second-order valence-electron chi connectivity index (χ2n) is 6.34. The number of hydrogen-bond acceptors (Lipinski definition) is 4. The minimum atomic E-state index is 0.709. The van der Waals surface area contributed by atoms with Crippen LogP contribution in [0.2, 0.25) is 10.0 Å². The summed E-state index contributed by atoms with van der Waals surface area (Å²) in [6.07, 6.45) is 3.50. The van der Waals surface area contributed by atoms with Gasteiger partial charge in [-0.05, 0) is 66.4 Å². The molecule has 0 fully saturated rings. The van der Waals surface area contributed by atoms with E-state index in [9.17, 15) is 0 Å². The standard InChI is InChI=1S/C22H20Cl2N4/c1-15-6-8-19(11-21(15)23)27-25-13-17-4-3-5-18(10-17)14-26-28-20-9-7-16(2)22(24)12-20/h3-14,27-28H,1-2H3/b25-13-,26-14-. The summed E-state index contributed by atoms with van der Waals surface area (Å²) in [6, 6.07) is 19.3. The quantitative estimate of drug-likeness (QED) is 0.359. The number of halogens is 2. The molecule has 142 valence electrons. The van der Waals surface area contributed by atoms with Crippen molar-refractivity contribution in [1.29, 1.82) is 0 Å². The van der Waals surface area contributed by atoms with Crippen LogP contribution in [0.25, 0.3) is 0 Å². The summed E-state index contributed by atoms with van der Waals surface area (Å²) in [5, 5.41) is 9.94. The summed E-state index contributed by atoms with van der Waals surface area (Å²) in [4.78, 5) is 0. The molecule has 0 aromatic heterocycles. The van der Waals surface area contributed by atoms with Crippen molar-refractivity contribution in [3.63, 3.8) is 0 Å². The van der Waals surface area contributed by atoms with E-state index < -0.39 is 0 Å². The SMILES string of the molecule is Cc1ccc(N/N=C\c2cccc(/C=N\Nc3ccc(C)c(Cl)c3)c2)cc1Cl. The Kier molecular flexibility index (Phi) is 6.69. The summed E-state index contributed by atoms with van der Waals surface area (Å²) < 4.78 is 0. The molecular weight excluding hydrogens is 391 g/mol. The topological polar surface area (TPSA) is 48.8 Å². The van der Waals surface area contributed by atoms with E-state index in [1.54, 1.807) is 12.4 Å². The van der Waals surface area contributed by atoms with Gasteiger partial charge >= 0.3 is 0 Å². The first-order valence-electron chi connectivity index (χ1n) is 8.72. The van der Waals surface area contributed by atoms with Crippen LogP contribution in [0.4, 0.5) is 11.4 Å². The lowest BCUT2D eigenvalue weighted by Crippen LogP contribution is -1.93. The van der Waals surface area contributed by atoms with Gasteiger partial charge in [0, 0.05) is 10.0 Å². The van der Waals surface area contributed by atoms with Crippen LogP contribution in [0.15, 0.2) is 70.9 Å². The van der Waals surface area contributed by atoms with Crippen molar-refractivity contribution in [3.05, 3.63) is 93.0 Å². The lowest BCUT2D eigenvalue weighted by molar-refractivity contribution is 1.33. The van der Waals surface area contributed by atoms with Gasteiger partial charge < -0.3 is 0 Å². The monoisotopic (exact) mass is 410 g/mol. The molecule has 3 rings (SSSR count). The third-order valence-electron chi connectivity index (χ3n) is 4.07. The van der Waals surface area contributed by atoms with Crippen molar-refractivity contribution in [2.45, 2.75) is 13.8 Å². The highest BCUT2D eigenvalue weighted by molar-refractivity contribution is 6.31. The molecule has 0 unspecified atom stereocenters. The van der Waals surface area contributed by atoms with E-state index >= 15 is 0 Å². The second kappa shape index (κ2) is 9.40. The van der Waals surface area contributed by atoms with Crippen molar-refractivity contribution >= 4 is 47.0 Å². The summed E-state index contributed by atoms with van der Waals surface area (Å²) in [5.74, 6) is 0. The molecule has 0 atom stereocenters. The number of nitrogens with zero attached hydrogens (tertiary/aromatic N) is 2. The average Bonchev–Trinajstić information content (AvgIpc) is 2.68. The van der Waals surface area contributed by atoms with Gasteiger partial charge in [-0.3, -0.25) is 10.9 Å². The maximum absolute atomic E-state index is 6.12. The van der Waals surface area contributed by atoms with Gasteiger partial charge in [-0.1, -0.05) is 53.5 Å². The first kappa shape index (κ1) is 19.9. The average molecular weight is 411 g/mol. The van der Waals surface area contributed by atoms with Gasteiger partial charge in [-0.2, -0.15) is 10.2 Å². The number of anilines is 2. The van der Waals surface area contributed by atoms with Crippen LogP contribution in [-0.4, -0.2) is 12.4 Å². The van der Waals surface area contributed by atoms with E-state index in [0.717, 1.165) is 33.6 Å². The Labute approximate surface area is 174 Å². The molecule has 0 radical (unpaired) electrons. The number of hydrogen-bond donors (Lipinski definition) is 2. The van der Waals surface area contributed by atoms with E-state index in [-0.39, 0.29) is 0 Å². The molecule has 28 heavy (non-hydrogen) atoms. The zero-order chi connectivity index (χ0) is 19.9. The molecule has 2 N–H and O–H groups in total. The van der Waals surface area contributed by atoms with Gasteiger partial charge in [0.25, 0.3) is 0 Å². The van der Waals surface area contributed by atoms with Gasteiger partial charge in [0.15, 0.2) is 0 Å². The lowest BCUT2D eigenvalue weighted by Gasteiger charge is -2.03. The molecule has 0 spiro atoms. The summed E-state index contributed by atoms with van der Waals surface area (Å²) in [5.41, 5.74) is 11.6. The maximum atomic E-state index is 6.12. The second-order valence-corrected chi connectivity index (χ2v) is 7.15. The Morgan fingerprint density at radius 1 is 0.679 bits per heavy atom. The van der Waals surface area contributed by atoms with Crippen molar-refractivity contribution in [2.24, 2.45) is 10.2 Å². The molecule has 0 saturated heterocycles. The molecule has 0 aliphatic carbocycles. The van der Waals surface area contributed by atoms with E-state index in [1.165, 1.54) is 0 Å². The largest absolute Gasteiger partial charge is 0.278 e. The molecule has 0 bridgehead atoms. The number of rotatable bonds is 6. The number of nitrogens with one attached hydrogen (secondary N) is 2. The molecular formula is C22H20Cl2N4. The Morgan fingerprint density at radius 3 is 1.57 bits per heavy atom. The minimum Gasteiger partial charge on any atom is -0.278 e. The van der Waals surface area contributed by atoms with Gasteiger partial charge in [0.05, 0.1) is 23.8 Å². The molecule has 0 heterocycles. The van der Waals surface area contributed by atoms with Crippen molar-refractivity contribution in [3.8, 4) is 0 Å². The fourth-order valence-electron chi connectivity index (χ4n) is 2.41. The molecule has 3 aromatic carbocycles. The highest BCUT2D eigenvalue weighted by atomic mass is 35.5. The van der Waals surface area contributed by atoms with E-state index in [1.807, 2.05) is 74.5 Å². The zero-order valence-electron chi connectivity index (χ0n) is 15.6. The van der Waals surface area contributed by atoms with E-state index in [4.69, 9.17) is 23.2 Å². The van der Waals surface area contributed by atoms with E-state index in [2.05, 4.69) is 21.1 Å². The molecule has 3 aromatic rings. The first-order chi connectivity index (χ1) is 13.5. The Bertz CT molecular complexity index is 950. The number of benzene rings is 3. The highest BCUT2D eigenvalue weighted by Gasteiger charge is 1.98. The van der Waals surface area contributed by atoms with Gasteiger partial charge in [0.1, 0.15) is 0 Å². The Balaban J connectivity index is 1.61. The van der Waals surface area contributed by atoms with Crippen LogP contribution >= 0.6 is 23.2 Å². The smallest absolute Gasteiger partial charge is 0.0576 e. The summed E-state index contributed by atoms with van der Waals surface area (Å²) in [6.45, 7) is 3.93. The van der Waals surface area contributed by atoms with Gasteiger partial charge in [-0.25, -0.2) is 0 Å². The highest BCUT2D eigenvalue weighted by Crippen LogP contribution is 2.20. The molecule has 6 heteroatoms. The van der Waals surface area contributed by atoms with Crippen LogP contribution in [0, 0.1) is 13.8 Å². The summed E-state index contributed by atoms with van der Waals surface area (Å²) in [7, 11) is 0. The fourth-order valence-corrected chi connectivity index (χ4v) is 2.77. The lowest BCUT2D eigenvalue weighted by atomic mass is 10.1. The Hall–Kier alpha value is -2.82. The molecule has 0 aliphatic rings. The molecule has 0 saturated carbocycles. The predicted octanol–water partition coefficient (Wildman–Crippen LogP) is 6.50. The van der Waals surface area contributed by atoms with Crippen LogP contribution in [0.3, 0.4) is 0 Å². The van der Waals surface area contributed by atoms with Crippen LogP contribution < -0.4 is 10.9 Å². The molecule has 4 nitrogen and oxygen atoms in total. The van der Waals surface area contributed by atoms with Crippen molar-refractivity contribution in [2.75, 3.05) is 10.9 Å². The van der Waals surface area contributed by atoms with Crippen LogP contribution in [0.1, 0.15) is 22.3 Å². The Morgan fingerprint density at radius 2 is 1.14 bits per heavy atom. The number of aryl methyl sites for hydroxylation is 2. The van der Waals surface area contributed by atoms with E-state index in [0.29, 0.717) is 10.0 Å². The van der Waals surface area contributed by atoms with Gasteiger partial charge in [-0.15, -0.1) is 0 Å². The van der Waals surface area contributed by atoms with Crippen LogP contribution in [-0.2, 0) is 0 Å². The minimum absolute atomic E-state index is 0.709. The first-order valence-corrected chi connectivity index (χ1v) is 9.47. The molecule has 0 aliphatic heterocycles. The predicted molar refractivity (Wildman–Crippen MR) is 121 cm³/mol. The third-order valence-corrected chi connectivity index (χ3v) is 4.88. The zero-order valence-corrected chi connectivity index (χ0v) is 17.1. The van der Waals surface area contributed by atoms with Crippen LogP contribution in [0.5, 0.6) is 0 Å². The molecule has 0 amide bonds. The summed E-state index contributed by atoms with van der Waals surface area (Å²) >= 11 is 12.2. The maximum Gasteiger partial charge on any atom is 0.0576 e. The normalized spacial score (nSPS) is 11.3.